The Kier molecular flexibility index (Phi) is 5.25. The fourth-order valence-corrected chi connectivity index (χ4v) is 3.48. The van der Waals surface area contributed by atoms with E-state index < -0.39 is 0 Å². The molecule has 1 aromatic carbocycles. The molecular formula is C18H23N3O2S. The van der Waals surface area contributed by atoms with Crippen LogP contribution in [0.25, 0.3) is 0 Å². The Morgan fingerprint density at radius 3 is 2.92 bits per heavy atom. The van der Waals surface area contributed by atoms with Gasteiger partial charge in [0, 0.05) is 38.0 Å². The highest BCUT2D eigenvalue weighted by atomic mass is 32.1. The molecule has 1 unspecified atom stereocenters. The van der Waals surface area contributed by atoms with Crippen molar-refractivity contribution >= 4 is 17.3 Å². The van der Waals surface area contributed by atoms with Gasteiger partial charge in [0.25, 0.3) is 0 Å². The number of hydrogen-bond donors (Lipinski definition) is 1. The average molecular weight is 345 g/mol. The molecule has 0 bridgehead atoms. The van der Waals surface area contributed by atoms with E-state index in [1.165, 1.54) is 4.88 Å². The lowest BCUT2D eigenvalue weighted by Crippen LogP contribution is -2.39. The number of nitrogens with zero attached hydrogens (tertiary/aromatic N) is 2. The first kappa shape index (κ1) is 16.6. The highest BCUT2D eigenvalue weighted by molar-refractivity contribution is 7.10. The number of benzene rings is 1. The summed E-state index contributed by atoms with van der Waals surface area (Å²) >= 11 is 1.79. The number of rotatable bonds is 5. The molecule has 0 aliphatic carbocycles. The van der Waals surface area contributed by atoms with Crippen molar-refractivity contribution in [3.8, 4) is 11.5 Å². The molecule has 0 spiro atoms. The van der Waals surface area contributed by atoms with E-state index in [9.17, 15) is 0 Å². The molecule has 1 aromatic heterocycles. The average Bonchev–Trinajstić information content (AvgIpc) is 3.26. The SMILES string of the molecule is CN=C(NCC(C)c1cccs1)N(C)Cc1ccc2c(c1)OCO2. The molecule has 1 aliphatic heterocycles. The lowest BCUT2D eigenvalue weighted by atomic mass is 10.1. The van der Waals surface area contributed by atoms with E-state index in [4.69, 9.17) is 9.47 Å². The van der Waals surface area contributed by atoms with Crippen molar-refractivity contribution in [3.63, 3.8) is 0 Å². The highest BCUT2D eigenvalue weighted by Crippen LogP contribution is 2.32. The smallest absolute Gasteiger partial charge is 0.231 e. The molecule has 0 fully saturated rings. The zero-order chi connectivity index (χ0) is 16.9. The fourth-order valence-electron chi connectivity index (χ4n) is 2.69. The summed E-state index contributed by atoms with van der Waals surface area (Å²) in [7, 11) is 3.85. The predicted octanol–water partition coefficient (Wildman–Crippen LogP) is 3.29. The van der Waals surface area contributed by atoms with Crippen molar-refractivity contribution in [2.45, 2.75) is 19.4 Å². The van der Waals surface area contributed by atoms with Gasteiger partial charge in [-0.05, 0) is 29.1 Å². The van der Waals surface area contributed by atoms with Gasteiger partial charge < -0.3 is 19.7 Å². The third-order valence-electron chi connectivity index (χ3n) is 4.03. The minimum absolute atomic E-state index is 0.304. The van der Waals surface area contributed by atoms with E-state index in [-0.39, 0.29) is 0 Å². The Hall–Kier alpha value is -2.21. The third kappa shape index (κ3) is 3.82. The molecule has 3 rings (SSSR count). The van der Waals surface area contributed by atoms with Crippen LogP contribution in [0.2, 0.25) is 0 Å². The Bertz CT molecular complexity index is 700. The van der Waals surface area contributed by atoms with E-state index in [0.29, 0.717) is 12.7 Å². The van der Waals surface area contributed by atoms with Crippen LogP contribution >= 0.6 is 11.3 Å². The van der Waals surface area contributed by atoms with Crippen LogP contribution < -0.4 is 14.8 Å². The molecule has 128 valence electrons. The van der Waals surface area contributed by atoms with Gasteiger partial charge in [0.05, 0.1) is 0 Å². The van der Waals surface area contributed by atoms with Gasteiger partial charge >= 0.3 is 0 Å². The molecule has 0 radical (unpaired) electrons. The number of aliphatic imine (C=N–C) groups is 1. The molecule has 1 aliphatic rings. The van der Waals surface area contributed by atoms with Crippen LogP contribution in [0.4, 0.5) is 0 Å². The summed E-state index contributed by atoms with van der Waals surface area (Å²) in [6.45, 7) is 4.14. The number of hydrogen-bond acceptors (Lipinski definition) is 4. The van der Waals surface area contributed by atoms with Gasteiger partial charge in [-0.2, -0.15) is 0 Å². The van der Waals surface area contributed by atoms with Gasteiger partial charge in [-0.3, -0.25) is 4.99 Å². The van der Waals surface area contributed by atoms with Crippen molar-refractivity contribution in [3.05, 3.63) is 46.2 Å². The maximum atomic E-state index is 5.44. The lowest BCUT2D eigenvalue weighted by molar-refractivity contribution is 0.174. The predicted molar refractivity (Wildman–Crippen MR) is 98.1 cm³/mol. The summed E-state index contributed by atoms with van der Waals surface area (Å²) in [5.41, 5.74) is 1.16. The summed E-state index contributed by atoms with van der Waals surface area (Å²) in [5, 5.41) is 5.57. The largest absolute Gasteiger partial charge is 0.454 e. The molecule has 24 heavy (non-hydrogen) atoms. The summed E-state index contributed by atoms with van der Waals surface area (Å²) in [5.74, 6) is 2.97. The molecule has 1 N–H and O–H groups in total. The van der Waals surface area contributed by atoms with E-state index in [1.54, 1.807) is 11.3 Å². The zero-order valence-electron chi connectivity index (χ0n) is 14.3. The lowest BCUT2D eigenvalue weighted by Gasteiger charge is -2.23. The molecule has 5 nitrogen and oxygen atoms in total. The van der Waals surface area contributed by atoms with Crippen LogP contribution in [0.3, 0.4) is 0 Å². The first-order chi connectivity index (χ1) is 11.7. The third-order valence-corrected chi connectivity index (χ3v) is 5.13. The summed E-state index contributed by atoms with van der Waals surface area (Å²) in [4.78, 5) is 7.88. The molecule has 6 heteroatoms. The van der Waals surface area contributed by atoms with Gasteiger partial charge in [0.2, 0.25) is 6.79 Å². The maximum absolute atomic E-state index is 5.44. The van der Waals surface area contributed by atoms with Gasteiger partial charge in [-0.15, -0.1) is 11.3 Å². The van der Waals surface area contributed by atoms with Crippen LogP contribution in [-0.2, 0) is 6.54 Å². The standard InChI is InChI=1S/C18H23N3O2S/c1-13(17-5-4-8-24-17)10-20-18(19-2)21(3)11-14-6-7-15-16(9-14)23-12-22-15/h4-9,13H,10-12H2,1-3H3,(H,19,20). The Balaban J connectivity index is 1.57. The minimum Gasteiger partial charge on any atom is -0.454 e. The number of thiophene rings is 1. The van der Waals surface area contributed by atoms with Crippen LogP contribution in [0, 0.1) is 0 Å². The second kappa shape index (κ2) is 7.57. The fraction of sp³-hybridized carbons (Fsp3) is 0.389. The van der Waals surface area contributed by atoms with E-state index in [0.717, 1.165) is 36.1 Å². The van der Waals surface area contributed by atoms with Crippen LogP contribution in [0.1, 0.15) is 23.3 Å². The van der Waals surface area contributed by atoms with Crippen LogP contribution in [0.5, 0.6) is 11.5 Å². The molecule has 1 atom stereocenters. The van der Waals surface area contributed by atoms with Crippen molar-refractivity contribution in [1.82, 2.24) is 10.2 Å². The van der Waals surface area contributed by atoms with E-state index >= 15 is 0 Å². The molecule has 0 saturated carbocycles. The Morgan fingerprint density at radius 1 is 1.33 bits per heavy atom. The Labute approximate surface area is 146 Å². The number of guanidine groups is 1. The quantitative estimate of drug-likeness (QED) is 0.667. The van der Waals surface area contributed by atoms with Gasteiger partial charge in [-0.25, -0.2) is 0 Å². The first-order valence-corrected chi connectivity index (χ1v) is 8.89. The van der Waals surface area contributed by atoms with Crippen LogP contribution in [0.15, 0.2) is 40.7 Å². The van der Waals surface area contributed by atoms with Crippen molar-refractivity contribution in [2.24, 2.45) is 4.99 Å². The topological polar surface area (TPSA) is 46.1 Å². The van der Waals surface area contributed by atoms with Crippen molar-refractivity contribution in [2.75, 3.05) is 27.4 Å². The van der Waals surface area contributed by atoms with Gasteiger partial charge in [-0.1, -0.05) is 19.1 Å². The van der Waals surface area contributed by atoms with Gasteiger partial charge in [0.1, 0.15) is 0 Å². The van der Waals surface area contributed by atoms with Crippen molar-refractivity contribution in [1.29, 1.82) is 0 Å². The second-order valence-electron chi connectivity index (χ2n) is 5.89. The highest BCUT2D eigenvalue weighted by Gasteiger charge is 2.15. The second-order valence-corrected chi connectivity index (χ2v) is 6.87. The minimum atomic E-state index is 0.304. The van der Waals surface area contributed by atoms with Crippen LogP contribution in [-0.4, -0.2) is 38.3 Å². The molecule has 2 aromatic rings. The number of fused-ring (bicyclic) bond motifs is 1. The van der Waals surface area contributed by atoms with E-state index in [1.807, 2.05) is 26.2 Å². The summed E-state index contributed by atoms with van der Waals surface area (Å²) in [6.07, 6.45) is 0. The normalized spacial score (nSPS) is 14.5. The molecular weight excluding hydrogens is 322 g/mol. The first-order valence-electron chi connectivity index (χ1n) is 8.01. The van der Waals surface area contributed by atoms with Crippen molar-refractivity contribution < 1.29 is 9.47 Å². The summed E-state index contributed by atoms with van der Waals surface area (Å²) < 4.78 is 10.8. The summed E-state index contributed by atoms with van der Waals surface area (Å²) in [6, 6.07) is 10.3. The molecule has 0 saturated heterocycles. The maximum Gasteiger partial charge on any atom is 0.231 e. The Morgan fingerprint density at radius 2 is 2.17 bits per heavy atom. The monoisotopic (exact) mass is 345 g/mol. The van der Waals surface area contributed by atoms with E-state index in [2.05, 4.69) is 45.7 Å². The number of ether oxygens (including phenoxy) is 2. The molecule has 2 heterocycles. The number of nitrogens with one attached hydrogen (secondary N) is 1. The van der Waals surface area contributed by atoms with Gasteiger partial charge in [0.15, 0.2) is 17.5 Å². The zero-order valence-corrected chi connectivity index (χ0v) is 15.1. The molecule has 0 amide bonds.